The second-order valence-electron chi connectivity index (χ2n) is 5.14. The Kier molecular flexibility index (Phi) is 12.8. The van der Waals surface area contributed by atoms with Crippen molar-refractivity contribution in [2.24, 2.45) is 16.5 Å². The molecule has 1 aromatic carbocycles. The molecule has 0 aliphatic rings. The zero-order chi connectivity index (χ0) is 19.8. The van der Waals surface area contributed by atoms with Crippen LogP contribution in [0, 0.1) is 5.41 Å². The van der Waals surface area contributed by atoms with Gasteiger partial charge in [-0.15, -0.1) is 6.58 Å². The van der Waals surface area contributed by atoms with Gasteiger partial charge in [-0.3, -0.25) is 10.4 Å². The Morgan fingerprint density at radius 1 is 1.50 bits per heavy atom. The fourth-order valence-corrected chi connectivity index (χ4v) is 2.17. The van der Waals surface area contributed by atoms with E-state index >= 15 is 0 Å². The average molecular weight is 360 g/mol. The Bertz CT molecular complexity index is 627. The largest absolute Gasteiger partial charge is 0.496 e. The first kappa shape index (κ1) is 23.1. The number of nitrogens with zero attached hydrogens (tertiary/aromatic N) is 1. The van der Waals surface area contributed by atoms with Gasteiger partial charge in [0.25, 0.3) is 0 Å². The first-order valence-corrected chi connectivity index (χ1v) is 8.15. The average Bonchev–Trinajstić information content (AvgIpc) is 2.62. The van der Waals surface area contributed by atoms with Crippen LogP contribution in [-0.4, -0.2) is 43.3 Å². The molecule has 0 fully saturated rings. The molecule has 7 heteroatoms. The molecule has 142 valence electrons. The highest BCUT2D eigenvalue weighted by atomic mass is 16.5. The molecule has 0 saturated heterocycles. The van der Waals surface area contributed by atoms with Crippen molar-refractivity contribution in [1.82, 2.24) is 0 Å². The molecule has 1 unspecified atom stereocenters. The van der Waals surface area contributed by atoms with Gasteiger partial charge < -0.3 is 21.3 Å². The number of nitrogens with one attached hydrogen (secondary N) is 1. The standard InChI is InChI=1S/C18H24N2O3.CH4N2/c1-3-7-14-8-4-9-15(17(14)23-2)10-6-13-20-16(18(21)22)11-5-12-19;2-1-3/h3-4,6,8-10,13,16H,1,5,7,11-12,19H2,2H3,(H,21,22);1H,(H3,2,3)/b10-6+,20-13?;. The molecular weight excluding hydrogens is 332 g/mol. The zero-order valence-corrected chi connectivity index (χ0v) is 15.1. The van der Waals surface area contributed by atoms with Gasteiger partial charge in [-0.1, -0.05) is 24.3 Å². The second-order valence-corrected chi connectivity index (χ2v) is 5.14. The molecule has 26 heavy (non-hydrogen) atoms. The highest BCUT2D eigenvalue weighted by Gasteiger charge is 2.13. The van der Waals surface area contributed by atoms with E-state index in [1.54, 1.807) is 13.2 Å². The smallest absolute Gasteiger partial charge is 0.328 e. The van der Waals surface area contributed by atoms with Crippen LogP contribution in [0.15, 0.2) is 41.9 Å². The minimum absolute atomic E-state index is 0.439. The Morgan fingerprint density at radius 2 is 2.19 bits per heavy atom. The quantitative estimate of drug-likeness (QED) is 0.288. The summed E-state index contributed by atoms with van der Waals surface area (Å²) < 4.78 is 5.45. The van der Waals surface area contributed by atoms with E-state index in [9.17, 15) is 4.79 Å². The number of carboxylic acid groups (broad SMARTS) is 1. The first-order valence-electron chi connectivity index (χ1n) is 8.15. The predicted octanol–water partition coefficient (Wildman–Crippen LogP) is 2.25. The van der Waals surface area contributed by atoms with Crippen LogP contribution in [0.2, 0.25) is 0 Å². The number of carboxylic acids is 1. The molecule has 1 aromatic rings. The van der Waals surface area contributed by atoms with Crippen LogP contribution in [0.3, 0.4) is 0 Å². The second kappa shape index (κ2) is 14.4. The molecule has 6 N–H and O–H groups in total. The maximum absolute atomic E-state index is 11.1. The van der Waals surface area contributed by atoms with Crippen LogP contribution < -0.4 is 16.2 Å². The molecule has 0 aliphatic carbocycles. The van der Waals surface area contributed by atoms with Crippen molar-refractivity contribution >= 4 is 24.6 Å². The van der Waals surface area contributed by atoms with Gasteiger partial charge in [0.2, 0.25) is 0 Å². The van der Waals surface area contributed by atoms with Crippen molar-refractivity contribution in [3.05, 3.63) is 48.1 Å². The molecule has 0 heterocycles. The lowest BCUT2D eigenvalue weighted by Crippen LogP contribution is -2.19. The lowest BCUT2D eigenvalue weighted by Gasteiger charge is -2.09. The molecule has 0 radical (unpaired) electrons. The molecular formula is C19H28N4O3. The molecule has 1 atom stereocenters. The number of para-hydroxylation sites is 1. The lowest BCUT2D eigenvalue weighted by molar-refractivity contribution is -0.138. The lowest BCUT2D eigenvalue weighted by atomic mass is 10.1. The number of hydrogen-bond donors (Lipinski definition) is 4. The van der Waals surface area contributed by atoms with Crippen molar-refractivity contribution < 1.29 is 14.6 Å². The van der Waals surface area contributed by atoms with E-state index in [1.165, 1.54) is 6.21 Å². The third kappa shape index (κ3) is 8.79. The summed E-state index contributed by atoms with van der Waals surface area (Å²) in [6, 6.07) is 5.11. The van der Waals surface area contributed by atoms with Crippen LogP contribution in [0.5, 0.6) is 5.75 Å². The van der Waals surface area contributed by atoms with Crippen molar-refractivity contribution in [3.8, 4) is 5.75 Å². The van der Waals surface area contributed by atoms with Crippen LogP contribution >= 0.6 is 0 Å². The molecule has 0 aromatic heterocycles. The zero-order valence-electron chi connectivity index (χ0n) is 15.1. The number of allylic oxidation sites excluding steroid dienone is 2. The van der Waals surface area contributed by atoms with Crippen LogP contribution in [0.4, 0.5) is 0 Å². The molecule has 0 amide bonds. The van der Waals surface area contributed by atoms with Gasteiger partial charge in [0.1, 0.15) is 11.8 Å². The van der Waals surface area contributed by atoms with Gasteiger partial charge in [-0.05, 0) is 43.5 Å². The Balaban J connectivity index is 0.00000194. The fraction of sp³-hybridized carbons (Fsp3) is 0.316. The number of nitrogens with two attached hydrogens (primary N) is 2. The summed E-state index contributed by atoms with van der Waals surface area (Å²) in [6.45, 7) is 4.20. The van der Waals surface area contributed by atoms with E-state index in [1.807, 2.05) is 30.4 Å². The molecule has 0 spiro atoms. The minimum Gasteiger partial charge on any atom is -0.496 e. The van der Waals surface area contributed by atoms with Gasteiger partial charge in [0.15, 0.2) is 0 Å². The molecule has 0 bridgehead atoms. The van der Waals surface area contributed by atoms with Crippen molar-refractivity contribution in [1.29, 1.82) is 5.41 Å². The molecule has 0 saturated carbocycles. The van der Waals surface area contributed by atoms with Crippen molar-refractivity contribution in [3.63, 3.8) is 0 Å². The highest BCUT2D eigenvalue weighted by molar-refractivity contribution is 5.83. The normalized spacial score (nSPS) is 11.6. The van der Waals surface area contributed by atoms with Gasteiger partial charge in [0.05, 0.1) is 13.4 Å². The van der Waals surface area contributed by atoms with Gasteiger partial charge in [-0.2, -0.15) is 0 Å². The third-order valence-corrected chi connectivity index (χ3v) is 3.29. The Hall–Kier alpha value is -2.93. The topological polar surface area (TPSA) is 135 Å². The Morgan fingerprint density at radius 3 is 2.73 bits per heavy atom. The maximum Gasteiger partial charge on any atom is 0.328 e. The number of aliphatic imine (C=N–C) groups is 1. The fourth-order valence-electron chi connectivity index (χ4n) is 2.17. The van der Waals surface area contributed by atoms with Gasteiger partial charge >= 0.3 is 5.97 Å². The van der Waals surface area contributed by atoms with Gasteiger partial charge in [-0.25, -0.2) is 4.79 Å². The van der Waals surface area contributed by atoms with Crippen molar-refractivity contribution in [2.45, 2.75) is 25.3 Å². The SMILES string of the molecule is C=CCc1cccc(/C=C/C=NC(CCCN)C(=O)O)c1OC.N=CN. The maximum atomic E-state index is 11.1. The summed E-state index contributed by atoms with van der Waals surface area (Å²) in [7, 11) is 1.63. The summed E-state index contributed by atoms with van der Waals surface area (Å²) in [6.07, 6.45) is 9.43. The number of methoxy groups -OCH3 is 1. The van der Waals surface area contributed by atoms with Crippen molar-refractivity contribution in [2.75, 3.05) is 13.7 Å². The van der Waals surface area contributed by atoms with E-state index in [-0.39, 0.29) is 0 Å². The molecule has 7 nitrogen and oxygen atoms in total. The van der Waals surface area contributed by atoms with Crippen LogP contribution in [0.1, 0.15) is 24.0 Å². The van der Waals surface area contributed by atoms with E-state index in [2.05, 4.69) is 17.3 Å². The van der Waals surface area contributed by atoms with E-state index in [0.29, 0.717) is 19.4 Å². The summed E-state index contributed by atoms with van der Waals surface area (Å²) in [4.78, 5) is 15.1. The number of hydrogen-bond acceptors (Lipinski definition) is 5. The summed E-state index contributed by atoms with van der Waals surface area (Å²) >= 11 is 0. The van der Waals surface area contributed by atoms with E-state index < -0.39 is 12.0 Å². The summed E-state index contributed by atoms with van der Waals surface area (Å²) in [5.74, 6) is -0.149. The number of carbonyl (C=O) groups is 1. The van der Waals surface area contributed by atoms with Gasteiger partial charge in [0, 0.05) is 11.8 Å². The monoisotopic (exact) mass is 360 g/mol. The predicted molar refractivity (Wildman–Crippen MR) is 107 cm³/mol. The molecule has 1 rings (SSSR count). The van der Waals surface area contributed by atoms with Crippen LogP contribution in [-0.2, 0) is 11.2 Å². The third-order valence-electron chi connectivity index (χ3n) is 3.29. The van der Waals surface area contributed by atoms with Crippen LogP contribution in [0.25, 0.3) is 6.08 Å². The number of ether oxygens (including phenoxy) is 1. The number of rotatable bonds is 10. The van der Waals surface area contributed by atoms with E-state index in [4.69, 9.17) is 21.0 Å². The van der Waals surface area contributed by atoms with E-state index in [0.717, 1.165) is 29.6 Å². The number of benzene rings is 1. The molecule has 0 aliphatic heterocycles. The minimum atomic E-state index is -0.936. The summed E-state index contributed by atoms with van der Waals surface area (Å²) in [5, 5.41) is 14.9. The first-order chi connectivity index (χ1) is 12.5. The Labute approximate surface area is 154 Å². The highest BCUT2D eigenvalue weighted by Crippen LogP contribution is 2.25. The summed E-state index contributed by atoms with van der Waals surface area (Å²) in [5.41, 5.74) is 11.7. The number of aliphatic carboxylic acids is 1.